The molecule has 0 amide bonds. The van der Waals surface area contributed by atoms with Crippen molar-refractivity contribution in [1.29, 1.82) is 0 Å². The van der Waals surface area contributed by atoms with E-state index in [0.29, 0.717) is 5.92 Å². The molecule has 0 spiro atoms. The molecule has 3 rings (SSSR count). The van der Waals surface area contributed by atoms with Crippen molar-refractivity contribution in [2.75, 3.05) is 0 Å². The summed E-state index contributed by atoms with van der Waals surface area (Å²) in [6.45, 7) is 6.88. The quantitative estimate of drug-likeness (QED) is 0.710. The molecular weight excluding hydrogens is 206 g/mol. The lowest BCUT2D eigenvalue weighted by Gasteiger charge is -2.18. The highest BCUT2D eigenvalue weighted by Crippen LogP contribution is 2.38. The van der Waals surface area contributed by atoms with Crippen molar-refractivity contribution < 1.29 is 0 Å². The van der Waals surface area contributed by atoms with E-state index in [1.54, 1.807) is 16.7 Å². The maximum Gasteiger partial charge on any atom is 0.0349 e. The summed E-state index contributed by atoms with van der Waals surface area (Å²) in [6.07, 6.45) is 7.81. The van der Waals surface area contributed by atoms with E-state index >= 15 is 0 Å². The Hall–Kier alpha value is -1.37. The largest absolute Gasteiger partial charge is 0.264 e. The molecule has 0 unspecified atom stereocenters. The molecule has 1 aliphatic rings. The van der Waals surface area contributed by atoms with Crippen LogP contribution in [-0.4, -0.2) is 4.98 Å². The van der Waals surface area contributed by atoms with Gasteiger partial charge in [-0.3, -0.25) is 4.98 Å². The van der Waals surface area contributed by atoms with Crippen molar-refractivity contribution in [3.05, 3.63) is 40.7 Å². The molecule has 1 aromatic heterocycles. The highest BCUT2D eigenvalue weighted by Gasteiger charge is 2.22. The van der Waals surface area contributed by atoms with Crippen molar-refractivity contribution in [3.63, 3.8) is 0 Å². The number of aromatic nitrogens is 1. The van der Waals surface area contributed by atoms with Gasteiger partial charge in [0.1, 0.15) is 0 Å². The minimum atomic E-state index is 0.592. The molecule has 0 fully saturated rings. The normalized spacial score (nSPS) is 14.6. The van der Waals surface area contributed by atoms with Crippen LogP contribution in [0.3, 0.4) is 0 Å². The third kappa shape index (κ3) is 1.49. The number of hydrogen-bond acceptors (Lipinski definition) is 1. The van der Waals surface area contributed by atoms with E-state index in [4.69, 9.17) is 0 Å². The van der Waals surface area contributed by atoms with Crippen LogP contribution in [0.1, 0.15) is 48.4 Å². The summed E-state index contributed by atoms with van der Waals surface area (Å²) < 4.78 is 0. The number of aryl methyl sites for hydroxylation is 1. The second kappa shape index (κ2) is 3.83. The van der Waals surface area contributed by atoms with Crippen LogP contribution in [0.4, 0.5) is 0 Å². The minimum Gasteiger partial charge on any atom is -0.264 e. The maximum absolute atomic E-state index is 4.32. The Kier molecular flexibility index (Phi) is 2.43. The van der Waals surface area contributed by atoms with Gasteiger partial charge in [-0.15, -0.1) is 0 Å². The maximum atomic E-state index is 4.32. The molecule has 0 N–H and O–H groups in total. The van der Waals surface area contributed by atoms with Crippen molar-refractivity contribution in [1.82, 2.24) is 4.98 Å². The molecule has 0 saturated heterocycles. The van der Waals surface area contributed by atoms with E-state index in [9.17, 15) is 0 Å². The van der Waals surface area contributed by atoms with Gasteiger partial charge in [-0.05, 0) is 65.8 Å². The first-order valence-corrected chi connectivity index (χ1v) is 6.58. The number of hydrogen-bond donors (Lipinski definition) is 0. The van der Waals surface area contributed by atoms with Gasteiger partial charge in [-0.25, -0.2) is 0 Å². The summed E-state index contributed by atoms with van der Waals surface area (Å²) in [7, 11) is 0. The topological polar surface area (TPSA) is 12.9 Å². The number of nitrogens with zero attached hydrogens (tertiary/aromatic N) is 1. The zero-order chi connectivity index (χ0) is 12.0. The van der Waals surface area contributed by atoms with Gasteiger partial charge in [0.15, 0.2) is 0 Å². The number of pyridine rings is 1. The van der Waals surface area contributed by atoms with Crippen LogP contribution in [-0.2, 0) is 12.8 Å². The Bertz CT molecular complexity index is 582. The molecule has 1 heteroatoms. The summed E-state index contributed by atoms with van der Waals surface area (Å²) in [5.41, 5.74) is 6.27. The molecular formula is C16H19N. The van der Waals surface area contributed by atoms with E-state index < -0.39 is 0 Å². The highest BCUT2D eigenvalue weighted by molar-refractivity contribution is 5.91. The molecule has 1 aromatic carbocycles. The van der Waals surface area contributed by atoms with Crippen molar-refractivity contribution in [2.45, 2.75) is 46.0 Å². The van der Waals surface area contributed by atoms with Gasteiger partial charge < -0.3 is 0 Å². The smallest absolute Gasteiger partial charge is 0.0349 e. The van der Waals surface area contributed by atoms with Crippen molar-refractivity contribution in [2.24, 2.45) is 0 Å². The Morgan fingerprint density at radius 1 is 1.12 bits per heavy atom. The first kappa shape index (κ1) is 10.8. The fraction of sp³-hybridized carbons (Fsp3) is 0.438. The summed E-state index contributed by atoms with van der Waals surface area (Å²) in [5, 5.41) is 2.78. The number of benzene rings is 1. The Morgan fingerprint density at radius 3 is 2.65 bits per heavy atom. The van der Waals surface area contributed by atoms with E-state index in [1.807, 2.05) is 6.20 Å². The van der Waals surface area contributed by atoms with Gasteiger partial charge in [0.2, 0.25) is 0 Å². The first-order chi connectivity index (χ1) is 8.20. The molecule has 0 aliphatic heterocycles. The third-order valence-corrected chi connectivity index (χ3v) is 4.09. The van der Waals surface area contributed by atoms with Gasteiger partial charge in [0.25, 0.3) is 0 Å². The first-order valence-electron chi connectivity index (χ1n) is 6.58. The van der Waals surface area contributed by atoms with E-state index in [1.165, 1.54) is 35.6 Å². The van der Waals surface area contributed by atoms with E-state index in [0.717, 1.165) is 0 Å². The molecule has 0 bridgehead atoms. The molecule has 17 heavy (non-hydrogen) atoms. The number of fused-ring (bicyclic) bond motifs is 2. The molecule has 1 heterocycles. The van der Waals surface area contributed by atoms with Crippen LogP contribution in [0, 0.1) is 6.92 Å². The average Bonchev–Trinajstić information content (AvgIpc) is 2.78. The average molecular weight is 225 g/mol. The lowest BCUT2D eigenvalue weighted by molar-refractivity contribution is 0.846. The van der Waals surface area contributed by atoms with Crippen LogP contribution < -0.4 is 0 Å². The van der Waals surface area contributed by atoms with Crippen molar-refractivity contribution in [3.8, 4) is 0 Å². The Balaban J connectivity index is 2.48. The molecule has 2 aromatic rings. The van der Waals surface area contributed by atoms with E-state index in [2.05, 4.69) is 38.0 Å². The number of rotatable bonds is 1. The fourth-order valence-electron chi connectivity index (χ4n) is 3.38. The third-order valence-electron chi connectivity index (χ3n) is 4.09. The summed E-state index contributed by atoms with van der Waals surface area (Å²) in [6, 6.07) is 2.18. The SMILES string of the molecule is Cc1c2c(c(C(C)C)c3cnccc13)CCC2. The molecule has 1 nitrogen and oxygen atoms in total. The highest BCUT2D eigenvalue weighted by atomic mass is 14.6. The van der Waals surface area contributed by atoms with Gasteiger partial charge in [-0.1, -0.05) is 13.8 Å². The second-order valence-electron chi connectivity index (χ2n) is 5.43. The lowest BCUT2D eigenvalue weighted by atomic mass is 9.87. The predicted molar refractivity (Wildman–Crippen MR) is 72.6 cm³/mol. The molecule has 1 aliphatic carbocycles. The predicted octanol–water partition coefficient (Wildman–Crippen LogP) is 4.16. The van der Waals surface area contributed by atoms with Crippen LogP contribution in [0.2, 0.25) is 0 Å². The molecule has 0 saturated carbocycles. The van der Waals surface area contributed by atoms with Gasteiger partial charge in [0.05, 0.1) is 0 Å². The lowest BCUT2D eigenvalue weighted by Crippen LogP contribution is -2.01. The zero-order valence-electron chi connectivity index (χ0n) is 10.9. The van der Waals surface area contributed by atoms with Gasteiger partial charge >= 0.3 is 0 Å². The zero-order valence-corrected chi connectivity index (χ0v) is 10.9. The summed E-state index contributed by atoms with van der Waals surface area (Å²) in [5.74, 6) is 0.592. The second-order valence-corrected chi connectivity index (χ2v) is 5.43. The molecule has 0 radical (unpaired) electrons. The Labute approximate surface area is 103 Å². The van der Waals surface area contributed by atoms with Crippen LogP contribution >= 0.6 is 0 Å². The minimum absolute atomic E-state index is 0.592. The molecule has 88 valence electrons. The van der Waals surface area contributed by atoms with Crippen LogP contribution in [0.25, 0.3) is 10.8 Å². The van der Waals surface area contributed by atoms with Crippen LogP contribution in [0.15, 0.2) is 18.5 Å². The summed E-state index contributed by atoms with van der Waals surface area (Å²) in [4.78, 5) is 4.32. The van der Waals surface area contributed by atoms with E-state index in [-0.39, 0.29) is 0 Å². The monoisotopic (exact) mass is 225 g/mol. The molecule has 0 atom stereocenters. The van der Waals surface area contributed by atoms with Crippen LogP contribution in [0.5, 0.6) is 0 Å². The fourth-order valence-corrected chi connectivity index (χ4v) is 3.38. The standard InChI is InChI=1S/C16H19N/c1-10(2)16-14-6-4-5-12(14)11(3)13-7-8-17-9-15(13)16/h7-10H,4-6H2,1-3H3. The summed E-state index contributed by atoms with van der Waals surface area (Å²) >= 11 is 0. The van der Waals surface area contributed by atoms with Crippen molar-refractivity contribution >= 4 is 10.8 Å². The van der Waals surface area contributed by atoms with Gasteiger partial charge in [-0.2, -0.15) is 0 Å². The van der Waals surface area contributed by atoms with Gasteiger partial charge in [0, 0.05) is 17.8 Å². The Morgan fingerprint density at radius 2 is 1.88 bits per heavy atom.